The van der Waals surface area contributed by atoms with E-state index in [1.165, 1.54) is 0 Å². The molecular formula is C17H25N2O4+. The van der Waals surface area contributed by atoms with E-state index in [0.717, 1.165) is 17.1 Å². The van der Waals surface area contributed by atoms with Gasteiger partial charge >= 0.3 is 11.8 Å². The fraction of sp³-hybridized carbons (Fsp3) is 0.588. The number of aromatic nitrogens is 1. The molecule has 6 heteroatoms. The lowest BCUT2D eigenvalue weighted by Gasteiger charge is -2.17. The van der Waals surface area contributed by atoms with Gasteiger partial charge < -0.3 is 14.2 Å². The standard InChI is InChI=1S/C17H25N2O4/c1-6-23-16(20)13-9-14-15(18-12(2)17(14,3)4)19(10-13)11-22-8-7-21-5/h9-10H,6-8,11H2,1-5H3/q+1. The third-order valence-electron chi connectivity index (χ3n) is 4.13. The number of nitrogens with zero attached hydrogens (tertiary/aromatic N) is 2. The van der Waals surface area contributed by atoms with Crippen molar-refractivity contribution in [1.29, 1.82) is 0 Å². The molecule has 126 valence electrons. The molecule has 2 rings (SSSR count). The molecule has 0 amide bonds. The summed E-state index contributed by atoms with van der Waals surface area (Å²) in [4.78, 5) is 16.8. The van der Waals surface area contributed by atoms with Gasteiger partial charge in [0.25, 0.3) is 0 Å². The quantitative estimate of drug-likeness (QED) is 0.439. The molecule has 0 spiro atoms. The van der Waals surface area contributed by atoms with Crippen molar-refractivity contribution in [3.8, 4) is 0 Å². The maximum atomic E-state index is 12.1. The zero-order valence-electron chi connectivity index (χ0n) is 14.5. The Bertz CT molecular complexity index is 623. The van der Waals surface area contributed by atoms with Crippen molar-refractivity contribution in [2.45, 2.75) is 39.8 Å². The van der Waals surface area contributed by atoms with Crippen LogP contribution in [-0.4, -0.2) is 38.6 Å². The molecule has 1 aliphatic heterocycles. The van der Waals surface area contributed by atoms with Crippen LogP contribution in [-0.2, 0) is 26.4 Å². The molecule has 0 saturated heterocycles. The summed E-state index contributed by atoms with van der Waals surface area (Å²) in [6.45, 7) is 9.66. The molecule has 23 heavy (non-hydrogen) atoms. The van der Waals surface area contributed by atoms with E-state index in [1.807, 2.05) is 17.6 Å². The minimum Gasteiger partial charge on any atom is -0.462 e. The molecule has 1 aromatic heterocycles. The average Bonchev–Trinajstić information content (AvgIpc) is 2.74. The normalized spacial score (nSPS) is 15.3. The van der Waals surface area contributed by atoms with E-state index in [0.29, 0.717) is 32.1 Å². The molecule has 2 heterocycles. The van der Waals surface area contributed by atoms with Gasteiger partial charge in [-0.1, -0.05) is 0 Å². The van der Waals surface area contributed by atoms with Crippen LogP contribution in [0.5, 0.6) is 0 Å². The number of pyridine rings is 1. The van der Waals surface area contributed by atoms with E-state index in [-0.39, 0.29) is 11.4 Å². The molecule has 0 fully saturated rings. The van der Waals surface area contributed by atoms with E-state index in [4.69, 9.17) is 14.2 Å². The molecule has 0 radical (unpaired) electrons. The number of carbonyl (C=O) groups is 1. The van der Waals surface area contributed by atoms with Crippen LogP contribution in [0.1, 0.15) is 43.6 Å². The van der Waals surface area contributed by atoms with Crippen molar-refractivity contribution < 1.29 is 23.6 Å². The number of hydrogen-bond donors (Lipinski definition) is 0. The zero-order valence-corrected chi connectivity index (χ0v) is 14.5. The first-order chi connectivity index (χ1) is 10.9. The molecule has 0 atom stereocenters. The predicted molar refractivity (Wildman–Crippen MR) is 86.2 cm³/mol. The van der Waals surface area contributed by atoms with Crippen molar-refractivity contribution in [2.75, 3.05) is 26.9 Å². The average molecular weight is 321 g/mol. The second-order valence-electron chi connectivity index (χ2n) is 6.01. The zero-order chi connectivity index (χ0) is 17.0. The molecule has 6 nitrogen and oxygen atoms in total. The summed E-state index contributed by atoms with van der Waals surface area (Å²) in [7, 11) is 1.63. The Morgan fingerprint density at radius 1 is 1.35 bits per heavy atom. The van der Waals surface area contributed by atoms with Crippen LogP contribution in [0.2, 0.25) is 0 Å². The fourth-order valence-corrected chi connectivity index (χ4v) is 2.45. The number of ether oxygens (including phenoxy) is 3. The van der Waals surface area contributed by atoms with Crippen LogP contribution in [0.3, 0.4) is 0 Å². The molecule has 0 unspecified atom stereocenters. The number of aliphatic imine (C=N–C) groups is 1. The monoisotopic (exact) mass is 321 g/mol. The van der Waals surface area contributed by atoms with Crippen LogP contribution in [0.4, 0.5) is 5.82 Å². The van der Waals surface area contributed by atoms with Crippen LogP contribution in [0.15, 0.2) is 17.3 Å². The van der Waals surface area contributed by atoms with E-state index in [9.17, 15) is 4.79 Å². The van der Waals surface area contributed by atoms with Crippen molar-refractivity contribution >= 4 is 17.5 Å². The number of methoxy groups -OCH3 is 1. The van der Waals surface area contributed by atoms with Crippen molar-refractivity contribution in [3.05, 3.63) is 23.4 Å². The molecule has 0 bridgehead atoms. The Balaban J connectivity index is 2.37. The minimum atomic E-state index is -0.332. The SMILES string of the molecule is CCOC(=O)c1cc2c([n+](COCCOC)c1)N=C(C)C2(C)C. The van der Waals surface area contributed by atoms with Gasteiger partial charge in [0.1, 0.15) is 11.9 Å². The molecule has 0 saturated carbocycles. The van der Waals surface area contributed by atoms with Gasteiger partial charge in [-0.3, -0.25) is 0 Å². The van der Waals surface area contributed by atoms with Crippen LogP contribution < -0.4 is 4.57 Å². The maximum Gasteiger partial charge on any atom is 0.341 e. The Kier molecular flexibility index (Phi) is 5.49. The van der Waals surface area contributed by atoms with Gasteiger partial charge in [-0.15, -0.1) is 0 Å². The van der Waals surface area contributed by atoms with Crippen molar-refractivity contribution in [3.63, 3.8) is 0 Å². The summed E-state index contributed by atoms with van der Waals surface area (Å²) in [5.41, 5.74) is 2.32. The predicted octanol–water partition coefficient (Wildman–Crippen LogP) is 2.15. The summed E-state index contributed by atoms with van der Waals surface area (Å²) >= 11 is 0. The summed E-state index contributed by atoms with van der Waals surface area (Å²) in [5, 5.41) is 0. The third kappa shape index (κ3) is 3.59. The smallest absolute Gasteiger partial charge is 0.341 e. The molecular weight excluding hydrogens is 296 g/mol. The highest BCUT2D eigenvalue weighted by atomic mass is 16.5. The van der Waals surface area contributed by atoms with E-state index < -0.39 is 0 Å². The third-order valence-corrected chi connectivity index (χ3v) is 4.13. The molecule has 0 aliphatic carbocycles. The second kappa shape index (κ2) is 7.19. The minimum absolute atomic E-state index is 0.216. The lowest BCUT2D eigenvalue weighted by Crippen LogP contribution is -2.38. The van der Waals surface area contributed by atoms with Crippen molar-refractivity contribution in [1.82, 2.24) is 0 Å². The highest BCUT2D eigenvalue weighted by Crippen LogP contribution is 2.38. The Hall–Kier alpha value is -1.79. The summed E-state index contributed by atoms with van der Waals surface area (Å²) in [6.07, 6.45) is 1.74. The first-order valence-corrected chi connectivity index (χ1v) is 7.79. The summed E-state index contributed by atoms with van der Waals surface area (Å²) < 4.78 is 17.6. The topological polar surface area (TPSA) is 61.0 Å². The van der Waals surface area contributed by atoms with E-state index in [1.54, 1.807) is 20.2 Å². The molecule has 1 aromatic rings. The summed E-state index contributed by atoms with van der Waals surface area (Å²) in [6, 6.07) is 1.87. The highest BCUT2D eigenvalue weighted by molar-refractivity contribution is 5.99. The van der Waals surface area contributed by atoms with Crippen LogP contribution in [0, 0.1) is 0 Å². The Morgan fingerprint density at radius 2 is 2.09 bits per heavy atom. The lowest BCUT2D eigenvalue weighted by atomic mass is 9.82. The maximum absolute atomic E-state index is 12.1. The fourth-order valence-electron chi connectivity index (χ4n) is 2.45. The van der Waals surface area contributed by atoms with Crippen LogP contribution >= 0.6 is 0 Å². The van der Waals surface area contributed by atoms with E-state index in [2.05, 4.69) is 18.8 Å². The number of esters is 1. The first-order valence-electron chi connectivity index (χ1n) is 7.79. The summed E-state index contributed by atoms with van der Waals surface area (Å²) in [5.74, 6) is 0.499. The molecule has 0 aromatic carbocycles. The molecule has 0 N–H and O–H groups in total. The largest absolute Gasteiger partial charge is 0.462 e. The number of fused-ring (bicyclic) bond motifs is 1. The Morgan fingerprint density at radius 3 is 2.74 bits per heavy atom. The van der Waals surface area contributed by atoms with E-state index >= 15 is 0 Å². The number of hydrogen-bond acceptors (Lipinski definition) is 5. The first kappa shape index (κ1) is 17.6. The molecule has 1 aliphatic rings. The second-order valence-corrected chi connectivity index (χ2v) is 6.01. The highest BCUT2D eigenvalue weighted by Gasteiger charge is 2.41. The lowest BCUT2D eigenvalue weighted by molar-refractivity contribution is -0.721. The van der Waals surface area contributed by atoms with Crippen LogP contribution in [0.25, 0.3) is 0 Å². The number of rotatable bonds is 7. The van der Waals surface area contributed by atoms with Gasteiger partial charge in [0.2, 0.25) is 0 Å². The number of carbonyl (C=O) groups excluding carboxylic acids is 1. The van der Waals surface area contributed by atoms with Gasteiger partial charge in [-0.25, -0.2) is 9.36 Å². The van der Waals surface area contributed by atoms with Gasteiger partial charge in [0, 0.05) is 7.11 Å². The van der Waals surface area contributed by atoms with Gasteiger partial charge in [-0.05, 0) is 38.8 Å². The van der Waals surface area contributed by atoms with Crippen molar-refractivity contribution in [2.24, 2.45) is 4.99 Å². The van der Waals surface area contributed by atoms with Gasteiger partial charge in [0.15, 0.2) is 6.73 Å². The van der Waals surface area contributed by atoms with Gasteiger partial charge in [-0.2, -0.15) is 0 Å². The Labute approximate surface area is 137 Å². The van der Waals surface area contributed by atoms with Gasteiger partial charge in [0.05, 0.1) is 36.4 Å².